The number of nitrogens with zero attached hydrogens (tertiary/aromatic N) is 4. The molecule has 0 amide bonds. The number of rotatable bonds is 6. The van der Waals surface area contributed by atoms with Crippen LogP contribution in [-0.2, 0) is 22.6 Å². The first-order chi connectivity index (χ1) is 18.2. The number of aliphatic hydroxyl groups excluding tert-OH is 3. The smallest absolute Gasteiger partial charge is 0.280 e. The van der Waals surface area contributed by atoms with Gasteiger partial charge >= 0.3 is 0 Å². The van der Waals surface area contributed by atoms with Crippen molar-refractivity contribution in [1.82, 2.24) is 24.1 Å². The largest absolute Gasteiger partial charge is 0.492 e. The van der Waals surface area contributed by atoms with E-state index in [0.29, 0.717) is 24.2 Å². The third-order valence-corrected chi connectivity index (χ3v) is 7.44. The van der Waals surface area contributed by atoms with Gasteiger partial charge in [0.1, 0.15) is 18.0 Å². The molecule has 2 aliphatic heterocycles. The van der Waals surface area contributed by atoms with E-state index in [9.17, 15) is 29.7 Å². The second-order valence-corrected chi connectivity index (χ2v) is 9.57. The summed E-state index contributed by atoms with van der Waals surface area (Å²) < 4.78 is 14.1. The van der Waals surface area contributed by atoms with Crippen molar-refractivity contribution in [2.24, 2.45) is 0 Å². The number of ether oxygens (including phenoxy) is 2. The SMILES string of the molecule is COC1=C(C)C(=O)c2c(c(CNc3nc4c(ncn4[C@@H]4C[C@H](O)[C@@H](CO)O4)c(=O)[nH]3)c3n2CC[C@@H]3O)C1=O. The van der Waals surface area contributed by atoms with Crippen molar-refractivity contribution in [2.75, 3.05) is 19.0 Å². The Morgan fingerprint density at radius 2 is 2.05 bits per heavy atom. The van der Waals surface area contributed by atoms with Crippen LogP contribution in [0, 0.1) is 0 Å². The highest BCUT2D eigenvalue weighted by Gasteiger charge is 2.42. The summed E-state index contributed by atoms with van der Waals surface area (Å²) in [6.45, 7) is 1.54. The van der Waals surface area contributed by atoms with Crippen LogP contribution in [-0.4, -0.2) is 76.9 Å². The highest BCUT2D eigenvalue weighted by Crippen LogP contribution is 2.40. The summed E-state index contributed by atoms with van der Waals surface area (Å²) >= 11 is 0. The van der Waals surface area contributed by atoms with Crippen molar-refractivity contribution in [2.45, 2.75) is 57.4 Å². The molecule has 14 nitrogen and oxygen atoms in total. The summed E-state index contributed by atoms with van der Waals surface area (Å²) in [5.41, 5.74) is 1.22. The van der Waals surface area contributed by atoms with Crippen molar-refractivity contribution in [3.63, 3.8) is 0 Å². The van der Waals surface area contributed by atoms with Crippen LogP contribution < -0.4 is 10.9 Å². The number of hydrogen-bond donors (Lipinski definition) is 5. The van der Waals surface area contributed by atoms with E-state index >= 15 is 0 Å². The first-order valence-corrected chi connectivity index (χ1v) is 12.2. The van der Waals surface area contributed by atoms with Crippen LogP contribution in [0.3, 0.4) is 0 Å². The van der Waals surface area contributed by atoms with Crippen LogP contribution in [0.5, 0.6) is 0 Å². The number of aliphatic hydroxyl groups is 3. The Labute approximate surface area is 214 Å². The Balaban J connectivity index is 1.37. The molecule has 0 radical (unpaired) electrons. The lowest BCUT2D eigenvalue weighted by Crippen LogP contribution is -2.24. The van der Waals surface area contributed by atoms with Gasteiger partial charge in [0.15, 0.2) is 16.9 Å². The number of aromatic amines is 1. The minimum Gasteiger partial charge on any atom is -0.492 e. The van der Waals surface area contributed by atoms with E-state index in [1.807, 2.05) is 0 Å². The Hall–Kier alpha value is -3.85. The predicted octanol–water partition coefficient (Wildman–Crippen LogP) is -0.0896. The Kier molecular flexibility index (Phi) is 5.72. The van der Waals surface area contributed by atoms with Crippen LogP contribution >= 0.6 is 0 Å². The molecule has 0 bridgehead atoms. The molecule has 4 atom stereocenters. The number of H-pyrrole nitrogens is 1. The number of allylic oxidation sites excluding steroid dienone is 2. The summed E-state index contributed by atoms with van der Waals surface area (Å²) in [5.74, 6) is -0.763. The highest BCUT2D eigenvalue weighted by molar-refractivity contribution is 6.26. The summed E-state index contributed by atoms with van der Waals surface area (Å²) in [6, 6.07) is 0. The molecule has 6 rings (SSSR count). The van der Waals surface area contributed by atoms with Gasteiger partial charge in [-0.2, -0.15) is 4.98 Å². The van der Waals surface area contributed by atoms with E-state index < -0.39 is 35.9 Å². The van der Waals surface area contributed by atoms with Crippen LogP contribution in [0.4, 0.5) is 5.95 Å². The maximum Gasteiger partial charge on any atom is 0.280 e. The maximum atomic E-state index is 13.3. The molecule has 0 aromatic carbocycles. The number of nitrogens with one attached hydrogen (secondary N) is 2. The summed E-state index contributed by atoms with van der Waals surface area (Å²) in [6.07, 6.45) is -1.23. The lowest BCUT2D eigenvalue weighted by atomic mass is 9.90. The lowest BCUT2D eigenvalue weighted by Gasteiger charge is -2.18. The summed E-state index contributed by atoms with van der Waals surface area (Å²) in [5, 5.41) is 33.2. The third-order valence-electron chi connectivity index (χ3n) is 7.44. The number of anilines is 1. The first kappa shape index (κ1) is 24.5. The fourth-order valence-corrected chi connectivity index (χ4v) is 5.60. The number of carbonyl (C=O) groups is 2. The third kappa shape index (κ3) is 3.45. The molecule has 0 unspecified atom stereocenters. The van der Waals surface area contributed by atoms with Gasteiger partial charge < -0.3 is 34.7 Å². The quantitative estimate of drug-likeness (QED) is 0.288. The second-order valence-electron chi connectivity index (χ2n) is 9.57. The van der Waals surface area contributed by atoms with E-state index in [4.69, 9.17) is 9.47 Å². The molecule has 5 N–H and O–H groups in total. The van der Waals surface area contributed by atoms with Gasteiger partial charge in [0.2, 0.25) is 17.5 Å². The lowest BCUT2D eigenvalue weighted by molar-refractivity contribution is -0.0432. The molecule has 14 heteroatoms. The molecule has 5 heterocycles. The maximum absolute atomic E-state index is 13.3. The van der Waals surface area contributed by atoms with Gasteiger partial charge in [0, 0.05) is 30.6 Å². The van der Waals surface area contributed by atoms with E-state index in [-0.39, 0.29) is 65.1 Å². The summed E-state index contributed by atoms with van der Waals surface area (Å²) in [4.78, 5) is 50.4. The molecule has 3 aromatic heterocycles. The van der Waals surface area contributed by atoms with E-state index in [0.717, 1.165) is 0 Å². The fraction of sp³-hybridized carbons (Fsp3) is 0.458. The van der Waals surface area contributed by atoms with Crippen LogP contribution in [0.1, 0.15) is 64.2 Å². The number of aromatic nitrogens is 5. The van der Waals surface area contributed by atoms with Crippen molar-refractivity contribution in [3.8, 4) is 0 Å². The molecular weight excluding hydrogens is 500 g/mol. The van der Waals surface area contributed by atoms with Gasteiger partial charge in [-0.25, -0.2) is 4.98 Å². The normalized spacial score (nSPS) is 24.9. The van der Waals surface area contributed by atoms with Gasteiger partial charge in [0.05, 0.1) is 43.5 Å². The Morgan fingerprint density at radius 1 is 1.26 bits per heavy atom. The minimum atomic E-state index is -0.883. The van der Waals surface area contributed by atoms with E-state index in [1.54, 1.807) is 4.57 Å². The van der Waals surface area contributed by atoms with Crippen LogP contribution in [0.15, 0.2) is 22.5 Å². The number of ketones is 2. The molecule has 0 spiro atoms. The number of fused-ring (bicyclic) bond motifs is 4. The van der Waals surface area contributed by atoms with Gasteiger partial charge in [-0.15, -0.1) is 0 Å². The number of imidazole rings is 1. The zero-order chi connectivity index (χ0) is 26.9. The second kappa shape index (κ2) is 8.87. The van der Waals surface area contributed by atoms with Crippen molar-refractivity contribution < 1.29 is 34.4 Å². The molecule has 0 saturated carbocycles. The van der Waals surface area contributed by atoms with Crippen LogP contribution in [0.25, 0.3) is 11.2 Å². The molecule has 1 fully saturated rings. The predicted molar refractivity (Wildman–Crippen MR) is 129 cm³/mol. The number of carbonyl (C=O) groups excluding carboxylic acids is 2. The zero-order valence-corrected chi connectivity index (χ0v) is 20.6. The molecule has 1 aliphatic carbocycles. The molecule has 200 valence electrons. The monoisotopic (exact) mass is 526 g/mol. The average molecular weight is 527 g/mol. The topological polar surface area (TPSA) is 194 Å². The molecule has 38 heavy (non-hydrogen) atoms. The number of hydrogen-bond acceptors (Lipinski definition) is 11. The first-order valence-electron chi connectivity index (χ1n) is 12.2. The van der Waals surface area contributed by atoms with Crippen LogP contribution in [0.2, 0.25) is 0 Å². The standard InChI is InChI=1S/C24H26N6O8/c1-9-19(34)18-15(20(35)21(9)37-2)10(17-11(32)3-4-29(17)18)6-25-24-27-22-16(23(36)28-24)26-8-30(22)14-5-12(33)13(7-31)38-14/h8,11-14,31-33H,3-7H2,1-2H3,(H2,25,27,28,36)/t11-,12-,13+,14-/m0/s1. The molecule has 3 aromatic rings. The van der Waals surface area contributed by atoms with E-state index in [2.05, 4.69) is 20.3 Å². The zero-order valence-electron chi connectivity index (χ0n) is 20.6. The minimum absolute atomic E-state index is 0.0232. The number of methoxy groups -OCH3 is 1. The Morgan fingerprint density at radius 3 is 2.76 bits per heavy atom. The summed E-state index contributed by atoms with van der Waals surface area (Å²) in [7, 11) is 1.33. The van der Waals surface area contributed by atoms with Gasteiger partial charge in [-0.3, -0.25) is 23.9 Å². The van der Waals surface area contributed by atoms with Gasteiger partial charge in [-0.1, -0.05) is 0 Å². The van der Waals surface area contributed by atoms with E-state index in [1.165, 1.54) is 24.9 Å². The molecule has 3 aliphatic rings. The average Bonchev–Trinajstić information content (AvgIpc) is 3.65. The number of Topliss-reactive ketones (excluding diaryl/α,β-unsaturated/α-hetero) is 2. The molecule has 1 saturated heterocycles. The van der Waals surface area contributed by atoms with Crippen molar-refractivity contribution in [1.29, 1.82) is 0 Å². The van der Waals surface area contributed by atoms with Gasteiger partial charge in [0.25, 0.3) is 5.56 Å². The van der Waals surface area contributed by atoms with Crippen molar-refractivity contribution >= 4 is 28.7 Å². The Bertz CT molecular complexity index is 1580. The van der Waals surface area contributed by atoms with Crippen molar-refractivity contribution in [3.05, 3.63) is 50.5 Å². The molecular formula is C24H26N6O8. The van der Waals surface area contributed by atoms with Gasteiger partial charge in [-0.05, 0) is 13.3 Å². The highest BCUT2D eigenvalue weighted by atomic mass is 16.5. The fourth-order valence-electron chi connectivity index (χ4n) is 5.60.